The first-order chi connectivity index (χ1) is 14.6. The Balaban J connectivity index is 1.38. The number of benzene rings is 2. The highest BCUT2D eigenvalue weighted by Crippen LogP contribution is 2.29. The SMILES string of the molecule is Cc1onc(-c2ccccc2)c1C(=O)N1CCC(n2c(=O)[nH]c3ccccc32)CC1. The summed E-state index contributed by atoms with van der Waals surface area (Å²) in [5.74, 6) is 0.450. The van der Waals surface area contributed by atoms with Crippen LogP contribution in [0.2, 0.25) is 0 Å². The van der Waals surface area contributed by atoms with Crippen LogP contribution in [0.5, 0.6) is 0 Å². The van der Waals surface area contributed by atoms with Crippen molar-refractivity contribution >= 4 is 16.9 Å². The van der Waals surface area contributed by atoms with Crippen LogP contribution in [-0.4, -0.2) is 38.6 Å². The molecule has 0 aliphatic carbocycles. The molecular weight excluding hydrogens is 380 g/mol. The van der Waals surface area contributed by atoms with E-state index in [4.69, 9.17) is 4.52 Å². The first kappa shape index (κ1) is 18.4. The van der Waals surface area contributed by atoms with E-state index in [1.165, 1.54) is 0 Å². The van der Waals surface area contributed by atoms with Gasteiger partial charge >= 0.3 is 5.69 Å². The number of aromatic amines is 1. The number of carbonyl (C=O) groups excluding carboxylic acids is 1. The van der Waals surface area contributed by atoms with E-state index in [2.05, 4.69) is 10.1 Å². The van der Waals surface area contributed by atoms with Crippen molar-refractivity contribution in [2.24, 2.45) is 0 Å². The van der Waals surface area contributed by atoms with Crippen molar-refractivity contribution in [3.63, 3.8) is 0 Å². The second-order valence-electron chi connectivity index (χ2n) is 7.67. The van der Waals surface area contributed by atoms with Gasteiger partial charge < -0.3 is 14.4 Å². The standard InChI is InChI=1S/C23H22N4O3/c1-15-20(21(25-30-15)16-7-3-2-4-8-16)22(28)26-13-11-17(12-14-26)27-19-10-6-5-9-18(19)24-23(27)29/h2-10,17H,11-14H2,1H3,(H,24,29). The molecule has 152 valence electrons. The van der Waals surface area contributed by atoms with Gasteiger partial charge in [-0.25, -0.2) is 4.79 Å². The molecule has 0 spiro atoms. The van der Waals surface area contributed by atoms with Gasteiger partial charge in [-0.2, -0.15) is 0 Å². The molecule has 7 heteroatoms. The lowest BCUT2D eigenvalue weighted by atomic mass is 10.0. The lowest BCUT2D eigenvalue weighted by Gasteiger charge is -2.32. The number of hydrogen-bond acceptors (Lipinski definition) is 4. The minimum Gasteiger partial charge on any atom is -0.360 e. The van der Waals surface area contributed by atoms with Gasteiger partial charge in [-0.15, -0.1) is 0 Å². The van der Waals surface area contributed by atoms with Gasteiger partial charge in [-0.3, -0.25) is 9.36 Å². The molecule has 30 heavy (non-hydrogen) atoms. The number of imidazole rings is 1. The van der Waals surface area contributed by atoms with Gasteiger partial charge in [0.25, 0.3) is 5.91 Å². The highest BCUT2D eigenvalue weighted by molar-refractivity contribution is 6.00. The third-order valence-electron chi connectivity index (χ3n) is 5.86. The topological polar surface area (TPSA) is 84.1 Å². The van der Waals surface area contributed by atoms with Crippen LogP contribution in [0, 0.1) is 6.92 Å². The molecule has 1 aliphatic heterocycles. The Morgan fingerprint density at radius 3 is 2.53 bits per heavy atom. The van der Waals surface area contributed by atoms with E-state index in [1.807, 2.05) is 64.1 Å². The number of fused-ring (bicyclic) bond motifs is 1. The third kappa shape index (κ3) is 3.03. The number of likely N-dealkylation sites (tertiary alicyclic amines) is 1. The number of para-hydroxylation sites is 2. The van der Waals surface area contributed by atoms with Crippen LogP contribution in [0.3, 0.4) is 0 Å². The van der Waals surface area contributed by atoms with Crippen LogP contribution in [0.15, 0.2) is 63.9 Å². The Labute approximate surface area is 172 Å². The second-order valence-corrected chi connectivity index (χ2v) is 7.67. The predicted octanol–water partition coefficient (Wildman–Crippen LogP) is 3.77. The fourth-order valence-corrected chi connectivity index (χ4v) is 4.34. The van der Waals surface area contributed by atoms with Crippen LogP contribution >= 0.6 is 0 Å². The number of aromatic nitrogens is 3. The molecule has 1 aliphatic rings. The summed E-state index contributed by atoms with van der Waals surface area (Å²) in [6.45, 7) is 2.92. The first-order valence-corrected chi connectivity index (χ1v) is 10.1. The molecule has 2 aromatic heterocycles. The zero-order valence-corrected chi connectivity index (χ0v) is 16.7. The van der Waals surface area contributed by atoms with Crippen molar-refractivity contribution in [1.29, 1.82) is 0 Å². The Morgan fingerprint density at radius 1 is 1.07 bits per heavy atom. The molecule has 7 nitrogen and oxygen atoms in total. The molecule has 1 N–H and O–H groups in total. The predicted molar refractivity (Wildman–Crippen MR) is 113 cm³/mol. The maximum Gasteiger partial charge on any atom is 0.326 e. The molecule has 1 fully saturated rings. The number of H-pyrrole nitrogens is 1. The smallest absolute Gasteiger partial charge is 0.326 e. The molecular formula is C23H22N4O3. The maximum atomic E-state index is 13.3. The van der Waals surface area contributed by atoms with Crippen molar-refractivity contribution in [2.75, 3.05) is 13.1 Å². The van der Waals surface area contributed by atoms with Gasteiger partial charge in [0.2, 0.25) is 0 Å². The lowest BCUT2D eigenvalue weighted by molar-refractivity contribution is 0.0694. The van der Waals surface area contributed by atoms with E-state index in [1.54, 1.807) is 6.92 Å². The summed E-state index contributed by atoms with van der Waals surface area (Å²) in [4.78, 5) is 30.5. The van der Waals surface area contributed by atoms with E-state index >= 15 is 0 Å². The molecule has 2 aromatic carbocycles. The molecule has 0 bridgehead atoms. The largest absolute Gasteiger partial charge is 0.360 e. The van der Waals surface area contributed by atoms with E-state index in [0.717, 1.165) is 29.4 Å². The van der Waals surface area contributed by atoms with Crippen LogP contribution in [0.25, 0.3) is 22.3 Å². The molecule has 5 rings (SSSR count). The summed E-state index contributed by atoms with van der Waals surface area (Å²) in [7, 11) is 0. The van der Waals surface area contributed by atoms with Crippen molar-refractivity contribution in [3.8, 4) is 11.3 Å². The zero-order valence-electron chi connectivity index (χ0n) is 16.7. The highest BCUT2D eigenvalue weighted by atomic mass is 16.5. The fourth-order valence-electron chi connectivity index (χ4n) is 4.34. The maximum absolute atomic E-state index is 13.3. The fraction of sp³-hybridized carbons (Fsp3) is 0.261. The highest BCUT2D eigenvalue weighted by Gasteiger charge is 2.30. The average molecular weight is 402 g/mol. The normalized spacial score (nSPS) is 15.0. The molecule has 3 heterocycles. The Kier molecular flexibility index (Phi) is 4.50. The van der Waals surface area contributed by atoms with Gasteiger partial charge in [0.15, 0.2) is 0 Å². The number of nitrogens with zero attached hydrogens (tertiary/aromatic N) is 3. The minimum absolute atomic E-state index is 0.0647. The van der Waals surface area contributed by atoms with Gasteiger partial charge in [-0.1, -0.05) is 47.6 Å². The van der Waals surface area contributed by atoms with Gasteiger partial charge in [0, 0.05) is 24.7 Å². The number of carbonyl (C=O) groups is 1. The third-order valence-corrected chi connectivity index (χ3v) is 5.86. The number of amides is 1. The quantitative estimate of drug-likeness (QED) is 0.565. The van der Waals surface area contributed by atoms with Crippen LogP contribution < -0.4 is 5.69 Å². The Bertz CT molecular complexity index is 1260. The van der Waals surface area contributed by atoms with Crippen LogP contribution in [0.4, 0.5) is 0 Å². The summed E-state index contributed by atoms with van der Waals surface area (Å²) < 4.78 is 7.19. The summed E-state index contributed by atoms with van der Waals surface area (Å²) in [5.41, 5.74) is 3.61. The van der Waals surface area contributed by atoms with Crippen molar-refractivity contribution in [2.45, 2.75) is 25.8 Å². The number of nitrogens with one attached hydrogen (secondary N) is 1. The molecule has 1 amide bonds. The van der Waals surface area contributed by atoms with Gasteiger partial charge in [0.05, 0.1) is 11.0 Å². The van der Waals surface area contributed by atoms with Crippen molar-refractivity contribution in [1.82, 2.24) is 19.6 Å². The monoisotopic (exact) mass is 402 g/mol. The van der Waals surface area contributed by atoms with E-state index < -0.39 is 0 Å². The molecule has 0 saturated carbocycles. The number of piperidine rings is 1. The van der Waals surface area contributed by atoms with Crippen LogP contribution in [0.1, 0.15) is 35.0 Å². The van der Waals surface area contributed by atoms with E-state index in [9.17, 15) is 9.59 Å². The van der Waals surface area contributed by atoms with Gasteiger partial charge in [-0.05, 0) is 31.9 Å². The van der Waals surface area contributed by atoms with E-state index in [0.29, 0.717) is 30.1 Å². The second kappa shape index (κ2) is 7.33. The number of rotatable bonds is 3. The van der Waals surface area contributed by atoms with Crippen LogP contribution in [-0.2, 0) is 0 Å². The van der Waals surface area contributed by atoms with Crippen molar-refractivity contribution < 1.29 is 9.32 Å². The summed E-state index contributed by atoms with van der Waals surface area (Å²) >= 11 is 0. The zero-order chi connectivity index (χ0) is 20.7. The molecule has 0 unspecified atom stereocenters. The molecule has 1 saturated heterocycles. The lowest BCUT2D eigenvalue weighted by Crippen LogP contribution is -2.40. The summed E-state index contributed by atoms with van der Waals surface area (Å²) in [6.07, 6.45) is 1.44. The molecule has 0 radical (unpaired) electrons. The number of hydrogen-bond donors (Lipinski definition) is 1. The molecule has 4 aromatic rings. The Hall–Kier alpha value is -3.61. The minimum atomic E-state index is -0.0952. The Morgan fingerprint density at radius 2 is 1.77 bits per heavy atom. The summed E-state index contributed by atoms with van der Waals surface area (Å²) in [5, 5.41) is 4.13. The van der Waals surface area contributed by atoms with Crippen molar-refractivity contribution in [3.05, 3.63) is 76.4 Å². The van der Waals surface area contributed by atoms with E-state index in [-0.39, 0.29) is 17.6 Å². The number of aryl methyl sites for hydroxylation is 1. The molecule has 0 atom stereocenters. The van der Waals surface area contributed by atoms with Gasteiger partial charge in [0.1, 0.15) is 17.0 Å². The summed E-state index contributed by atoms with van der Waals surface area (Å²) in [6, 6.07) is 17.4. The first-order valence-electron chi connectivity index (χ1n) is 10.1. The average Bonchev–Trinajstić information content (AvgIpc) is 3.33.